The van der Waals surface area contributed by atoms with Gasteiger partial charge in [0, 0.05) is 34.6 Å². The highest BCUT2D eigenvalue weighted by Gasteiger charge is 2.46. The first-order valence-corrected chi connectivity index (χ1v) is 10.2. The first kappa shape index (κ1) is 19.4. The molecule has 0 saturated carbocycles. The van der Waals surface area contributed by atoms with E-state index in [9.17, 15) is 9.59 Å². The minimum Gasteiger partial charge on any atom is -0.497 e. The van der Waals surface area contributed by atoms with Gasteiger partial charge in [0.1, 0.15) is 11.4 Å². The van der Waals surface area contributed by atoms with Crippen molar-refractivity contribution in [2.45, 2.75) is 32.8 Å². The van der Waals surface area contributed by atoms with Gasteiger partial charge in [0.15, 0.2) is 5.13 Å². The van der Waals surface area contributed by atoms with Crippen LogP contribution in [0.4, 0.5) is 5.13 Å². The number of rotatable bonds is 4. The Bertz CT molecular complexity index is 1130. The number of esters is 1. The standard InChI is InChI=1S/C21H23N3O4S/c1-11-18(13-8-12(27-5)6-7-16(13)24(11)4)15-10-29-20(22-15)23-19(26)14-9-17(25)28-21(14,2)3/h6-8,10,14H,9H2,1-5H3,(H,22,23,26). The molecule has 8 heteroatoms. The van der Waals surface area contributed by atoms with E-state index >= 15 is 0 Å². The number of carbonyl (C=O) groups excluding carboxylic acids is 2. The summed E-state index contributed by atoms with van der Waals surface area (Å²) < 4.78 is 12.8. The Kier molecular flexibility index (Phi) is 4.61. The van der Waals surface area contributed by atoms with Crippen molar-refractivity contribution in [1.82, 2.24) is 9.55 Å². The number of aryl methyl sites for hydroxylation is 1. The van der Waals surface area contributed by atoms with Gasteiger partial charge in [-0.05, 0) is 39.0 Å². The molecule has 1 aliphatic heterocycles. The summed E-state index contributed by atoms with van der Waals surface area (Å²) in [5.74, 6) is -0.361. The fraction of sp³-hybridized carbons (Fsp3) is 0.381. The molecule has 3 aromatic rings. The van der Waals surface area contributed by atoms with Crippen molar-refractivity contribution < 1.29 is 19.1 Å². The average Bonchev–Trinajstić information content (AvgIpc) is 3.30. The van der Waals surface area contributed by atoms with Gasteiger partial charge in [0.2, 0.25) is 5.91 Å². The van der Waals surface area contributed by atoms with Gasteiger partial charge in [-0.1, -0.05) is 0 Å². The van der Waals surface area contributed by atoms with Gasteiger partial charge >= 0.3 is 5.97 Å². The Morgan fingerprint density at radius 1 is 1.41 bits per heavy atom. The Labute approximate surface area is 172 Å². The van der Waals surface area contributed by atoms with Gasteiger partial charge in [0.05, 0.1) is 25.1 Å². The van der Waals surface area contributed by atoms with Crippen molar-refractivity contribution in [1.29, 1.82) is 0 Å². The van der Waals surface area contributed by atoms with E-state index in [0.717, 1.165) is 33.6 Å². The maximum absolute atomic E-state index is 12.7. The van der Waals surface area contributed by atoms with E-state index in [1.165, 1.54) is 11.3 Å². The Hall–Kier alpha value is -2.87. The zero-order valence-electron chi connectivity index (χ0n) is 17.0. The SMILES string of the molecule is COc1ccc2c(c1)c(-c1csc(NC(=O)C3CC(=O)OC3(C)C)n1)c(C)n2C. The molecular formula is C21H23N3O4S. The van der Waals surface area contributed by atoms with Crippen LogP contribution in [0.15, 0.2) is 23.6 Å². The summed E-state index contributed by atoms with van der Waals surface area (Å²) in [5.41, 5.74) is 3.15. The number of nitrogens with zero attached hydrogens (tertiary/aromatic N) is 2. The zero-order valence-corrected chi connectivity index (χ0v) is 17.8. The van der Waals surface area contributed by atoms with Crippen LogP contribution < -0.4 is 10.1 Å². The molecule has 1 saturated heterocycles. The number of ether oxygens (including phenoxy) is 2. The predicted octanol–water partition coefficient (Wildman–Crippen LogP) is 3.90. The number of thiazole rings is 1. The lowest BCUT2D eigenvalue weighted by Crippen LogP contribution is -2.36. The highest BCUT2D eigenvalue weighted by Crippen LogP contribution is 2.38. The molecule has 0 bridgehead atoms. The van der Waals surface area contributed by atoms with Gasteiger partial charge in [-0.25, -0.2) is 4.98 Å². The van der Waals surface area contributed by atoms with Gasteiger partial charge in [-0.2, -0.15) is 0 Å². The number of benzene rings is 1. The van der Waals surface area contributed by atoms with E-state index < -0.39 is 11.5 Å². The highest BCUT2D eigenvalue weighted by molar-refractivity contribution is 7.14. The molecule has 1 aliphatic rings. The molecular weight excluding hydrogens is 390 g/mol. The number of amides is 1. The minimum atomic E-state index is -0.815. The Balaban J connectivity index is 1.65. The van der Waals surface area contributed by atoms with E-state index in [1.54, 1.807) is 21.0 Å². The molecule has 0 aliphatic carbocycles. The predicted molar refractivity (Wildman–Crippen MR) is 112 cm³/mol. The van der Waals surface area contributed by atoms with E-state index in [0.29, 0.717) is 5.13 Å². The summed E-state index contributed by atoms with van der Waals surface area (Å²) in [7, 11) is 3.66. The second kappa shape index (κ2) is 6.88. The van der Waals surface area contributed by atoms with Crippen molar-refractivity contribution in [3.8, 4) is 17.0 Å². The van der Waals surface area contributed by atoms with Crippen LogP contribution in [0.3, 0.4) is 0 Å². The van der Waals surface area contributed by atoms with E-state index in [-0.39, 0.29) is 18.3 Å². The number of fused-ring (bicyclic) bond motifs is 1. The molecule has 0 spiro atoms. The quantitative estimate of drug-likeness (QED) is 0.656. The Morgan fingerprint density at radius 3 is 2.83 bits per heavy atom. The number of anilines is 1. The van der Waals surface area contributed by atoms with Gasteiger partial charge in [-0.15, -0.1) is 11.3 Å². The number of cyclic esters (lactones) is 1. The smallest absolute Gasteiger partial charge is 0.307 e. The summed E-state index contributed by atoms with van der Waals surface area (Å²) in [4.78, 5) is 28.9. The average molecular weight is 413 g/mol. The van der Waals surface area contributed by atoms with Crippen molar-refractivity contribution >= 4 is 39.2 Å². The van der Waals surface area contributed by atoms with E-state index in [4.69, 9.17) is 9.47 Å². The highest BCUT2D eigenvalue weighted by atomic mass is 32.1. The van der Waals surface area contributed by atoms with Crippen LogP contribution in [0.5, 0.6) is 5.75 Å². The zero-order chi connectivity index (χ0) is 20.9. The summed E-state index contributed by atoms with van der Waals surface area (Å²) in [6.07, 6.45) is 0.0826. The van der Waals surface area contributed by atoms with Crippen molar-refractivity contribution in [3.05, 3.63) is 29.3 Å². The van der Waals surface area contributed by atoms with E-state index in [1.807, 2.05) is 37.6 Å². The van der Waals surface area contributed by atoms with Crippen molar-refractivity contribution in [2.24, 2.45) is 13.0 Å². The summed E-state index contributed by atoms with van der Waals surface area (Å²) in [6.45, 7) is 5.55. The van der Waals surface area contributed by atoms with Crippen LogP contribution in [0, 0.1) is 12.8 Å². The van der Waals surface area contributed by atoms with Gasteiger partial charge < -0.3 is 19.4 Å². The molecule has 1 aromatic carbocycles. The number of hydrogen-bond donors (Lipinski definition) is 1. The fourth-order valence-corrected chi connectivity index (χ4v) is 4.57. The first-order chi connectivity index (χ1) is 13.7. The first-order valence-electron chi connectivity index (χ1n) is 9.33. The second-order valence-corrected chi connectivity index (χ2v) is 8.62. The molecule has 1 amide bonds. The summed E-state index contributed by atoms with van der Waals surface area (Å²) in [5, 5.41) is 6.33. The lowest BCUT2D eigenvalue weighted by molar-refractivity contribution is -0.147. The Morgan fingerprint density at radius 2 is 2.17 bits per heavy atom. The van der Waals surface area contributed by atoms with Gasteiger partial charge in [-0.3, -0.25) is 9.59 Å². The topological polar surface area (TPSA) is 82.4 Å². The van der Waals surface area contributed by atoms with Gasteiger partial charge in [0.25, 0.3) is 0 Å². The molecule has 7 nitrogen and oxygen atoms in total. The molecule has 1 unspecified atom stereocenters. The van der Waals surface area contributed by atoms with Crippen molar-refractivity contribution in [2.75, 3.05) is 12.4 Å². The fourth-order valence-electron chi connectivity index (χ4n) is 3.87. The third kappa shape index (κ3) is 3.27. The van der Waals surface area contributed by atoms with Crippen LogP contribution in [-0.2, 0) is 21.4 Å². The lowest BCUT2D eigenvalue weighted by atomic mass is 9.90. The molecule has 0 radical (unpaired) electrons. The third-order valence-corrected chi connectivity index (χ3v) is 6.35. The number of hydrogen-bond acceptors (Lipinski definition) is 6. The number of aromatic nitrogens is 2. The van der Waals surface area contributed by atoms with Crippen LogP contribution in [-0.4, -0.2) is 34.1 Å². The summed E-state index contributed by atoms with van der Waals surface area (Å²) in [6, 6.07) is 5.96. The maximum Gasteiger partial charge on any atom is 0.307 e. The van der Waals surface area contributed by atoms with Crippen LogP contribution in [0.1, 0.15) is 26.0 Å². The van der Waals surface area contributed by atoms with Crippen molar-refractivity contribution in [3.63, 3.8) is 0 Å². The molecule has 4 rings (SSSR count). The summed E-state index contributed by atoms with van der Waals surface area (Å²) >= 11 is 1.36. The molecule has 3 heterocycles. The third-order valence-electron chi connectivity index (χ3n) is 5.59. The van der Waals surface area contributed by atoms with Crippen LogP contribution >= 0.6 is 11.3 Å². The monoisotopic (exact) mass is 413 g/mol. The second-order valence-electron chi connectivity index (χ2n) is 7.76. The van der Waals surface area contributed by atoms with Crippen LogP contribution in [0.25, 0.3) is 22.2 Å². The molecule has 1 N–H and O–H groups in total. The minimum absolute atomic E-state index is 0.0826. The normalized spacial score (nSPS) is 18.1. The lowest BCUT2D eigenvalue weighted by Gasteiger charge is -2.23. The molecule has 152 valence electrons. The number of carbonyl (C=O) groups is 2. The number of methoxy groups -OCH3 is 1. The van der Waals surface area contributed by atoms with E-state index in [2.05, 4.69) is 14.9 Å². The number of nitrogens with one attached hydrogen (secondary N) is 1. The van der Waals surface area contributed by atoms with Crippen LogP contribution in [0.2, 0.25) is 0 Å². The molecule has 2 aromatic heterocycles. The molecule has 1 atom stereocenters. The molecule has 1 fully saturated rings. The maximum atomic E-state index is 12.7. The molecule has 29 heavy (non-hydrogen) atoms. The largest absolute Gasteiger partial charge is 0.497 e.